The smallest absolute Gasteiger partial charge is 0.211 e. The largest absolute Gasteiger partial charge is 0.314 e. The number of nitrogens with zero attached hydrogens (tertiary/aromatic N) is 1. The summed E-state index contributed by atoms with van der Waals surface area (Å²) in [6.45, 7) is 2.40. The van der Waals surface area contributed by atoms with E-state index in [1.165, 1.54) is 25.5 Å². The molecule has 0 aromatic rings. The number of sulfonamides is 1. The second kappa shape index (κ2) is 5.02. The van der Waals surface area contributed by atoms with Crippen molar-refractivity contribution in [2.75, 3.05) is 25.9 Å². The summed E-state index contributed by atoms with van der Waals surface area (Å²) < 4.78 is 24.5. The average Bonchev–Trinajstić information content (AvgIpc) is 2.14. The molecule has 1 heterocycles. The van der Waals surface area contributed by atoms with E-state index < -0.39 is 10.0 Å². The van der Waals surface area contributed by atoms with E-state index in [0.717, 1.165) is 19.4 Å². The van der Waals surface area contributed by atoms with Gasteiger partial charge in [0.15, 0.2) is 0 Å². The highest BCUT2D eigenvalue weighted by Gasteiger charge is 2.26. The quantitative estimate of drug-likeness (QED) is 0.798. The Morgan fingerprint density at radius 3 is 2.56 bits per heavy atom. The minimum atomic E-state index is -2.98. The van der Waals surface area contributed by atoms with E-state index in [1.54, 1.807) is 4.31 Å². The van der Waals surface area contributed by atoms with Crippen molar-refractivity contribution < 1.29 is 8.42 Å². The van der Waals surface area contributed by atoms with Crippen molar-refractivity contribution in [3.05, 3.63) is 0 Å². The first-order valence-corrected chi connectivity index (χ1v) is 8.09. The van der Waals surface area contributed by atoms with Gasteiger partial charge < -0.3 is 5.32 Å². The van der Waals surface area contributed by atoms with Crippen LogP contribution >= 0.6 is 0 Å². The fraction of sp³-hybridized carbons (Fsp3) is 1.00. The molecule has 1 unspecified atom stereocenters. The molecule has 2 rings (SSSR count). The molecule has 2 aliphatic rings. The van der Waals surface area contributed by atoms with Crippen LogP contribution in [-0.4, -0.2) is 44.7 Å². The molecule has 1 saturated carbocycles. The van der Waals surface area contributed by atoms with E-state index in [2.05, 4.69) is 5.32 Å². The van der Waals surface area contributed by atoms with Crippen LogP contribution in [-0.2, 0) is 10.0 Å². The zero-order chi connectivity index (χ0) is 11.6. The minimum absolute atomic E-state index is 0.504. The molecule has 1 aliphatic carbocycles. The average molecular weight is 246 g/mol. The van der Waals surface area contributed by atoms with Gasteiger partial charge >= 0.3 is 0 Å². The van der Waals surface area contributed by atoms with Gasteiger partial charge in [0.2, 0.25) is 10.0 Å². The molecule has 1 atom stereocenters. The van der Waals surface area contributed by atoms with Gasteiger partial charge in [0.05, 0.1) is 6.26 Å². The summed E-state index contributed by atoms with van der Waals surface area (Å²) in [5.41, 5.74) is 0. The molecule has 4 nitrogen and oxygen atoms in total. The van der Waals surface area contributed by atoms with Crippen LogP contribution in [0.4, 0.5) is 0 Å². The van der Waals surface area contributed by atoms with E-state index in [0.29, 0.717) is 25.0 Å². The Bertz CT molecular complexity index is 325. The fourth-order valence-corrected chi connectivity index (χ4v) is 3.38. The van der Waals surface area contributed by atoms with Crippen molar-refractivity contribution in [2.24, 2.45) is 5.92 Å². The zero-order valence-electron chi connectivity index (χ0n) is 9.98. The van der Waals surface area contributed by atoms with Gasteiger partial charge in [0.1, 0.15) is 0 Å². The topological polar surface area (TPSA) is 49.4 Å². The van der Waals surface area contributed by atoms with Gasteiger partial charge in [-0.3, -0.25) is 0 Å². The zero-order valence-corrected chi connectivity index (χ0v) is 10.8. The SMILES string of the molecule is CS(=O)(=O)N1CCCC(CNC2CCC2)C1. The van der Waals surface area contributed by atoms with Gasteiger partial charge in [-0.1, -0.05) is 6.42 Å². The third kappa shape index (κ3) is 3.18. The lowest BCUT2D eigenvalue weighted by atomic mass is 9.92. The second-order valence-electron chi connectivity index (χ2n) is 5.17. The van der Waals surface area contributed by atoms with Crippen LogP contribution in [0.2, 0.25) is 0 Å². The highest BCUT2D eigenvalue weighted by molar-refractivity contribution is 7.88. The van der Waals surface area contributed by atoms with E-state index in [-0.39, 0.29) is 0 Å². The van der Waals surface area contributed by atoms with Crippen molar-refractivity contribution >= 4 is 10.0 Å². The molecule has 0 amide bonds. The standard InChI is InChI=1S/C11H22N2O2S/c1-16(14,15)13-7-3-4-10(9-13)8-12-11-5-2-6-11/h10-12H,2-9H2,1H3. The predicted octanol–water partition coefficient (Wildman–Crippen LogP) is 0.800. The maximum Gasteiger partial charge on any atom is 0.211 e. The number of rotatable bonds is 4. The molecule has 5 heteroatoms. The lowest BCUT2D eigenvalue weighted by Crippen LogP contribution is -2.45. The summed E-state index contributed by atoms with van der Waals surface area (Å²) in [6.07, 6.45) is 7.41. The van der Waals surface area contributed by atoms with E-state index >= 15 is 0 Å². The molecule has 0 spiro atoms. The highest BCUT2D eigenvalue weighted by Crippen LogP contribution is 2.21. The van der Waals surface area contributed by atoms with Crippen LogP contribution in [0.15, 0.2) is 0 Å². The maximum absolute atomic E-state index is 11.4. The molecular weight excluding hydrogens is 224 g/mol. The molecule has 0 radical (unpaired) electrons. The van der Waals surface area contributed by atoms with Gasteiger partial charge in [-0.15, -0.1) is 0 Å². The number of piperidine rings is 1. The summed E-state index contributed by atoms with van der Waals surface area (Å²) in [4.78, 5) is 0. The molecule has 94 valence electrons. The Morgan fingerprint density at radius 1 is 1.25 bits per heavy atom. The van der Waals surface area contributed by atoms with Gasteiger partial charge in [-0.25, -0.2) is 12.7 Å². The highest BCUT2D eigenvalue weighted by atomic mass is 32.2. The Labute approximate surface area is 98.4 Å². The molecule has 1 saturated heterocycles. The van der Waals surface area contributed by atoms with Crippen LogP contribution in [0, 0.1) is 5.92 Å². The van der Waals surface area contributed by atoms with Crippen molar-refractivity contribution in [1.29, 1.82) is 0 Å². The Balaban J connectivity index is 1.77. The summed E-state index contributed by atoms with van der Waals surface area (Å²) in [5.74, 6) is 0.504. The van der Waals surface area contributed by atoms with Gasteiger partial charge in [0.25, 0.3) is 0 Å². The second-order valence-corrected chi connectivity index (χ2v) is 7.15. The van der Waals surface area contributed by atoms with Crippen molar-refractivity contribution in [3.8, 4) is 0 Å². The fourth-order valence-electron chi connectivity index (χ4n) is 2.44. The van der Waals surface area contributed by atoms with Crippen LogP contribution in [0.3, 0.4) is 0 Å². The lowest BCUT2D eigenvalue weighted by Gasteiger charge is -2.34. The van der Waals surface area contributed by atoms with E-state index in [9.17, 15) is 8.42 Å². The van der Waals surface area contributed by atoms with E-state index in [4.69, 9.17) is 0 Å². The monoisotopic (exact) mass is 246 g/mol. The van der Waals surface area contributed by atoms with Gasteiger partial charge in [-0.2, -0.15) is 0 Å². The van der Waals surface area contributed by atoms with Gasteiger partial charge in [0, 0.05) is 19.1 Å². The molecule has 1 N–H and O–H groups in total. The number of hydrogen-bond acceptors (Lipinski definition) is 3. The third-order valence-corrected chi connectivity index (χ3v) is 5.02. The summed E-state index contributed by atoms with van der Waals surface area (Å²) >= 11 is 0. The maximum atomic E-state index is 11.4. The molecular formula is C11H22N2O2S. The van der Waals surface area contributed by atoms with Crippen molar-refractivity contribution in [1.82, 2.24) is 9.62 Å². The Hall–Kier alpha value is -0.130. The third-order valence-electron chi connectivity index (χ3n) is 3.75. The summed E-state index contributed by atoms with van der Waals surface area (Å²) in [7, 11) is -2.98. The van der Waals surface area contributed by atoms with Crippen LogP contribution in [0.1, 0.15) is 32.1 Å². The first-order chi connectivity index (χ1) is 7.55. The van der Waals surface area contributed by atoms with E-state index in [1.807, 2.05) is 0 Å². The molecule has 0 bridgehead atoms. The molecule has 0 aromatic carbocycles. The first kappa shape index (κ1) is 12.3. The Kier molecular flexibility index (Phi) is 3.87. The van der Waals surface area contributed by atoms with Crippen LogP contribution < -0.4 is 5.32 Å². The van der Waals surface area contributed by atoms with Gasteiger partial charge in [-0.05, 0) is 38.1 Å². The molecule has 16 heavy (non-hydrogen) atoms. The first-order valence-electron chi connectivity index (χ1n) is 6.24. The van der Waals surface area contributed by atoms with Crippen LogP contribution in [0.25, 0.3) is 0 Å². The molecule has 0 aromatic heterocycles. The minimum Gasteiger partial charge on any atom is -0.314 e. The normalized spacial score (nSPS) is 28.9. The summed E-state index contributed by atoms with van der Waals surface area (Å²) in [5, 5.41) is 3.54. The number of hydrogen-bond donors (Lipinski definition) is 1. The Morgan fingerprint density at radius 2 is 2.00 bits per heavy atom. The predicted molar refractivity (Wildman–Crippen MR) is 64.8 cm³/mol. The number of nitrogens with one attached hydrogen (secondary N) is 1. The van der Waals surface area contributed by atoms with Crippen molar-refractivity contribution in [3.63, 3.8) is 0 Å². The van der Waals surface area contributed by atoms with Crippen LogP contribution in [0.5, 0.6) is 0 Å². The van der Waals surface area contributed by atoms with Crippen molar-refractivity contribution in [2.45, 2.75) is 38.1 Å². The summed E-state index contributed by atoms with van der Waals surface area (Å²) in [6, 6.07) is 0.702. The lowest BCUT2D eigenvalue weighted by molar-refractivity contribution is 0.239. The molecule has 2 fully saturated rings. The molecule has 1 aliphatic heterocycles.